The summed E-state index contributed by atoms with van der Waals surface area (Å²) in [6.45, 7) is 2.12. The van der Waals surface area contributed by atoms with E-state index in [1.54, 1.807) is 40.2 Å². The summed E-state index contributed by atoms with van der Waals surface area (Å²) in [7, 11) is 1.91. The van der Waals surface area contributed by atoms with Gasteiger partial charge in [-0.2, -0.15) is 5.10 Å². The highest BCUT2D eigenvalue weighted by molar-refractivity contribution is 5.76. The monoisotopic (exact) mass is 346 g/mol. The minimum Gasteiger partial charge on any atom is -0.387 e. The van der Waals surface area contributed by atoms with Gasteiger partial charge in [-0.25, -0.2) is 4.39 Å². The molecule has 0 aliphatic carbocycles. The molecule has 1 saturated heterocycles. The molecule has 7 heteroatoms. The second-order valence-electron chi connectivity index (χ2n) is 6.79. The highest BCUT2D eigenvalue weighted by Gasteiger charge is 2.38. The van der Waals surface area contributed by atoms with Gasteiger partial charge in [-0.1, -0.05) is 12.1 Å². The molecule has 134 valence electrons. The minimum atomic E-state index is -0.922. The summed E-state index contributed by atoms with van der Waals surface area (Å²) in [5, 5.41) is 14.8. The van der Waals surface area contributed by atoms with Crippen LogP contribution in [-0.2, 0) is 17.9 Å². The Hall–Kier alpha value is -2.25. The Bertz CT molecular complexity index is 704. The summed E-state index contributed by atoms with van der Waals surface area (Å²) in [4.78, 5) is 16.0. The van der Waals surface area contributed by atoms with E-state index < -0.39 is 5.60 Å². The van der Waals surface area contributed by atoms with Gasteiger partial charge in [0.05, 0.1) is 12.1 Å². The van der Waals surface area contributed by atoms with E-state index in [0.717, 1.165) is 5.56 Å². The predicted molar refractivity (Wildman–Crippen MR) is 91.1 cm³/mol. The largest absolute Gasteiger partial charge is 0.387 e. The van der Waals surface area contributed by atoms with Crippen molar-refractivity contribution in [1.29, 1.82) is 0 Å². The van der Waals surface area contributed by atoms with Crippen molar-refractivity contribution in [2.24, 2.45) is 0 Å². The molecule has 0 bridgehead atoms. The molecule has 0 saturated carbocycles. The molecule has 1 amide bonds. The Kier molecular flexibility index (Phi) is 5.15. The number of halogens is 1. The normalized spacial score (nSPS) is 20.4. The zero-order valence-corrected chi connectivity index (χ0v) is 14.3. The Labute approximate surface area is 146 Å². The summed E-state index contributed by atoms with van der Waals surface area (Å²) in [5.41, 5.74) is 0.0614. The Morgan fingerprint density at radius 2 is 2.16 bits per heavy atom. The number of nitrogens with zero attached hydrogens (tertiary/aromatic N) is 4. The summed E-state index contributed by atoms with van der Waals surface area (Å²) in [6.07, 6.45) is 3.93. The molecule has 6 nitrogen and oxygen atoms in total. The molecule has 1 aliphatic rings. The maximum atomic E-state index is 13.0. The molecule has 1 aromatic heterocycles. The molecule has 2 aromatic rings. The van der Waals surface area contributed by atoms with E-state index in [-0.39, 0.29) is 18.3 Å². The molecule has 2 heterocycles. The number of likely N-dealkylation sites (N-methyl/N-ethyl adjacent to an activating group) is 1. The van der Waals surface area contributed by atoms with E-state index in [9.17, 15) is 14.3 Å². The van der Waals surface area contributed by atoms with Crippen LogP contribution in [0.5, 0.6) is 0 Å². The molecule has 1 fully saturated rings. The fourth-order valence-corrected chi connectivity index (χ4v) is 3.29. The summed E-state index contributed by atoms with van der Waals surface area (Å²) >= 11 is 0. The number of likely N-dealkylation sites (tertiary alicyclic amines) is 1. The molecule has 1 aromatic carbocycles. The third-order valence-corrected chi connectivity index (χ3v) is 4.47. The molecular weight excluding hydrogens is 323 g/mol. The van der Waals surface area contributed by atoms with Crippen LogP contribution >= 0.6 is 0 Å². The van der Waals surface area contributed by atoms with Crippen molar-refractivity contribution < 1.29 is 14.3 Å². The van der Waals surface area contributed by atoms with Crippen molar-refractivity contribution in [3.05, 3.63) is 54.1 Å². The first kappa shape index (κ1) is 17.6. The molecule has 1 N–H and O–H groups in total. The Morgan fingerprint density at radius 3 is 2.84 bits per heavy atom. The Balaban J connectivity index is 1.52. The van der Waals surface area contributed by atoms with Crippen LogP contribution in [0.2, 0.25) is 0 Å². The second kappa shape index (κ2) is 7.33. The van der Waals surface area contributed by atoms with Crippen LogP contribution < -0.4 is 0 Å². The van der Waals surface area contributed by atoms with E-state index in [4.69, 9.17) is 0 Å². The predicted octanol–water partition coefficient (Wildman–Crippen LogP) is 1.12. The molecule has 0 unspecified atom stereocenters. The average molecular weight is 346 g/mol. The van der Waals surface area contributed by atoms with Gasteiger partial charge < -0.3 is 10.0 Å². The third kappa shape index (κ3) is 4.64. The average Bonchev–Trinajstić information content (AvgIpc) is 3.19. The van der Waals surface area contributed by atoms with Gasteiger partial charge >= 0.3 is 0 Å². The van der Waals surface area contributed by atoms with Crippen LogP contribution in [0.25, 0.3) is 0 Å². The molecule has 0 spiro atoms. The van der Waals surface area contributed by atoms with Crippen molar-refractivity contribution >= 4 is 5.91 Å². The first-order valence-corrected chi connectivity index (χ1v) is 8.34. The molecule has 1 aliphatic heterocycles. The van der Waals surface area contributed by atoms with Gasteiger partial charge in [0.25, 0.3) is 0 Å². The van der Waals surface area contributed by atoms with Gasteiger partial charge in [-0.3, -0.25) is 14.4 Å². The number of aromatic nitrogens is 2. The lowest BCUT2D eigenvalue weighted by molar-refractivity contribution is -0.132. The lowest BCUT2D eigenvalue weighted by Gasteiger charge is -2.29. The van der Waals surface area contributed by atoms with Gasteiger partial charge in [0.1, 0.15) is 12.4 Å². The topological polar surface area (TPSA) is 61.6 Å². The molecule has 3 rings (SSSR count). The highest BCUT2D eigenvalue weighted by Crippen LogP contribution is 2.23. The van der Waals surface area contributed by atoms with Crippen molar-refractivity contribution in [2.45, 2.75) is 25.1 Å². The lowest BCUT2D eigenvalue weighted by Crippen LogP contribution is -2.44. The molecular formula is C18H23FN4O2. The third-order valence-electron chi connectivity index (χ3n) is 4.47. The smallest absolute Gasteiger partial charge is 0.244 e. The zero-order valence-electron chi connectivity index (χ0n) is 14.3. The first-order chi connectivity index (χ1) is 11.9. The zero-order chi connectivity index (χ0) is 17.9. The van der Waals surface area contributed by atoms with E-state index in [2.05, 4.69) is 5.10 Å². The number of carbonyl (C=O) groups is 1. The van der Waals surface area contributed by atoms with Gasteiger partial charge in [0, 0.05) is 32.0 Å². The van der Waals surface area contributed by atoms with Crippen molar-refractivity contribution in [3.63, 3.8) is 0 Å². The van der Waals surface area contributed by atoms with Crippen molar-refractivity contribution in [2.75, 3.05) is 26.7 Å². The minimum absolute atomic E-state index is 0.0409. The van der Waals surface area contributed by atoms with Gasteiger partial charge in [0.15, 0.2) is 0 Å². The number of aliphatic hydroxyl groups is 1. The van der Waals surface area contributed by atoms with Crippen LogP contribution in [-0.4, -0.2) is 62.9 Å². The van der Waals surface area contributed by atoms with Gasteiger partial charge in [0.2, 0.25) is 5.91 Å². The number of amides is 1. The van der Waals surface area contributed by atoms with Crippen molar-refractivity contribution in [1.82, 2.24) is 19.6 Å². The number of benzene rings is 1. The van der Waals surface area contributed by atoms with Crippen LogP contribution in [0.4, 0.5) is 4.39 Å². The summed E-state index contributed by atoms with van der Waals surface area (Å²) in [6, 6.07) is 8.12. The molecule has 0 radical (unpaired) electrons. The Morgan fingerprint density at radius 1 is 1.40 bits per heavy atom. The number of hydrogen-bond acceptors (Lipinski definition) is 4. The molecule has 25 heavy (non-hydrogen) atoms. The van der Waals surface area contributed by atoms with Gasteiger partial charge in [-0.05, 0) is 37.2 Å². The fourth-order valence-electron chi connectivity index (χ4n) is 3.29. The number of β-amino-alcohol motifs (C(OH)–C–C–N with tert-alkyl or cyclic N) is 1. The lowest BCUT2D eigenvalue weighted by atomic mass is 10.0. The highest BCUT2D eigenvalue weighted by atomic mass is 19.1. The maximum absolute atomic E-state index is 13.0. The van der Waals surface area contributed by atoms with Crippen LogP contribution in [0.3, 0.4) is 0 Å². The first-order valence-electron chi connectivity index (χ1n) is 8.34. The van der Waals surface area contributed by atoms with E-state index in [0.29, 0.717) is 32.6 Å². The van der Waals surface area contributed by atoms with Crippen LogP contribution in [0, 0.1) is 5.82 Å². The summed E-state index contributed by atoms with van der Waals surface area (Å²) < 4.78 is 14.6. The SMILES string of the molecule is CN(Cc1ccc(F)cc1)C[C@]1(O)CCN(C(=O)Cn2cccn2)C1. The van der Waals surface area contributed by atoms with Crippen LogP contribution in [0.15, 0.2) is 42.7 Å². The quantitative estimate of drug-likeness (QED) is 0.851. The summed E-state index contributed by atoms with van der Waals surface area (Å²) in [5.74, 6) is -0.298. The van der Waals surface area contributed by atoms with E-state index in [1.807, 2.05) is 11.9 Å². The van der Waals surface area contributed by atoms with Crippen molar-refractivity contribution in [3.8, 4) is 0 Å². The second-order valence-corrected chi connectivity index (χ2v) is 6.79. The maximum Gasteiger partial charge on any atom is 0.244 e. The van der Waals surface area contributed by atoms with E-state index >= 15 is 0 Å². The van der Waals surface area contributed by atoms with Crippen LogP contribution in [0.1, 0.15) is 12.0 Å². The number of rotatable bonds is 6. The van der Waals surface area contributed by atoms with Gasteiger partial charge in [-0.15, -0.1) is 0 Å². The van der Waals surface area contributed by atoms with E-state index in [1.165, 1.54) is 12.1 Å². The standard InChI is InChI=1S/C18H23FN4O2/c1-21(11-15-3-5-16(19)6-4-15)13-18(25)7-10-22(14-18)17(24)12-23-9-2-8-20-23/h2-6,8-9,25H,7,10-14H2,1H3/t18-/m1/s1. The fraction of sp³-hybridized carbons (Fsp3) is 0.444. The number of hydrogen-bond donors (Lipinski definition) is 1. The number of carbonyl (C=O) groups excluding carboxylic acids is 1. The molecule has 1 atom stereocenters.